The van der Waals surface area contributed by atoms with Crippen molar-refractivity contribution in [3.05, 3.63) is 259 Å². The topological polar surface area (TPSA) is 12.5 Å². The Morgan fingerprint density at radius 3 is 1.51 bits per heavy atom. The van der Waals surface area contributed by atoms with Gasteiger partial charge in [0.1, 0.15) is 11.5 Å². The Morgan fingerprint density at radius 2 is 0.803 bits per heavy atom. The summed E-state index contributed by atoms with van der Waals surface area (Å²) in [5, 5.41) is 2.48. The molecule has 2 heteroatoms. The van der Waals surface area contributed by atoms with E-state index in [1.54, 1.807) is 0 Å². The minimum absolute atomic E-state index is 0.511. The van der Waals surface area contributed by atoms with E-state index in [1.807, 2.05) is 0 Å². The zero-order valence-corrected chi connectivity index (χ0v) is 33.4. The average Bonchev–Trinajstić information content (AvgIpc) is 3.62. The summed E-state index contributed by atoms with van der Waals surface area (Å²) >= 11 is 0. The van der Waals surface area contributed by atoms with E-state index < -0.39 is 5.41 Å². The third kappa shape index (κ3) is 5.50. The molecule has 0 amide bonds. The lowest BCUT2D eigenvalue weighted by molar-refractivity contribution is 0.436. The largest absolute Gasteiger partial charge is 0.457 e. The molecule has 0 saturated heterocycles. The summed E-state index contributed by atoms with van der Waals surface area (Å²) in [6.45, 7) is 0. The van der Waals surface area contributed by atoms with Gasteiger partial charge in [0.25, 0.3) is 0 Å². The molecule has 0 aromatic heterocycles. The quantitative estimate of drug-likeness (QED) is 0.167. The molecule has 10 aromatic carbocycles. The number of para-hydroxylation sites is 3. The predicted molar refractivity (Wildman–Crippen MR) is 252 cm³/mol. The van der Waals surface area contributed by atoms with Gasteiger partial charge < -0.3 is 9.64 Å². The van der Waals surface area contributed by atoms with Gasteiger partial charge in [-0.3, -0.25) is 0 Å². The Hall–Kier alpha value is -7.94. The molecule has 1 heterocycles. The van der Waals surface area contributed by atoms with Gasteiger partial charge in [-0.1, -0.05) is 194 Å². The fourth-order valence-corrected chi connectivity index (χ4v) is 10.1. The standard InChI is InChI=1S/C59H39NO/c1-2-17-42(18-3-1)47-20-8-13-27-55(47)60(46-35-32-41(33-36-46)44-31-30-40-16-4-5-19-43(40)38-44)56-28-14-9-21-48(56)45-34-37-54-58(39-45)61-57-29-15-12-26-53(57)59(54)51-24-10-6-22-49(51)50-23-7-11-25-52(50)59/h1-39H. The van der Waals surface area contributed by atoms with Crippen LogP contribution in [0.4, 0.5) is 17.1 Å². The van der Waals surface area contributed by atoms with Crippen LogP contribution in [0.25, 0.3) is 55.3 Å². The van der Waals surface area contributed by atoms with Gasteiger partial charge in [-0.25, -0.2) is 0 Å². The van der Waals surface area contributed by atoms with Crippen molar-refractivity contribution < 1.29 is 4.74 Å². The molecule has 0 fully saturated rings. The van der Waals surface area contributed by atoms with Gasteiger partial charge in [0.2, 0.25) is 0 Å². The number of fused-ring (bicyclic) bond motifs is 10. The lowest BCUT2D eigenvalue weighted by atomic mass is 9.66. The molecule has 2 aliphatic rings. The van der Waals surface area contributed by atoms with E-state index in [0.717, 1.165) is 56.4 Å². The van der Waals surface area contributed by atoms with Crippen molar-refractivity contribution in [3.8, 4) is 56.0 Å². The molecule has 10 aromatic rings. The van der Waals surface area contributed by atoms with Crippen molar-refractivity contribution in [1.29, 1.82) is 0 Å². The Balaban J connectivity index is 1.04. The maximum atomic E-state index is 6.97. The second kappa shape index (κ2) is 14.1. The molecular formula is C59H39NO. The first kappa shape index (κ1) is 35.0. The van der Waals surface area contributed by atoms with Crippen LogP contribution in [0.5, 0.6) is 11.5 Å². The van der Waals surface area contributed by atoms with Crippen LogP contribution in [0.1, 0.15) is 22.3 Å². The minimum Gasteiger partial charge on any atom is -0.457 e. The Morgan fingerprint density at radius 1 is 0.295 bits per heavy atom. The zero-order valence-electron chi connectivity index (χ0n) is 33.4. The smallest absolute Gasteiger partial charge is 0.132 e. The number of anilines is 3. The summed E-state index contributed by atoms with van der Waals surface area (Å²) in [6.07, 6.45) is 0. The molecule has 0 saturated carbocycles. The van der Waals surface area contributed by atoms with Crippen LogP contribution in [-0.4, -0.2) is 0 Å². The first-order valence-electron chi connectivity index (χ1n) is 21.0. The first-order valence-corrected chi connectivity index (χ1v) is 21.0. The summed E-state index contributed by atoms with van der Waals surface area (Å²) in [5.41, 5.74) is 17.1. The van der Waals surface area contributed by atoms with E-state index in [-0.39, 0.29) is 0 Å². The van der Waals surface area contributed by atoms with Crippen molar-refractivity contribution in [3.63, 3.8) is 0 Å². The summed E-state index contributed by atoms with van der Waals surface area (Å²) in [6, 6.07) is 85.7. The zero-order chi connectivity index (χ0) is 40.3. The Kier molecular flexibility index (Phi) is 8.11. The summed E-state index contributed by atoms with van der Waals surface area (Å²) in [7, 11) is 0. The third-order valence-electron chi connectivity index (χ3n) is 12.7. The van der Waals surface area contributed by atoms with Crippen LogP contribution in [0, 0.1) is 0 Å². The second-order valence-corrected chi connectivity index (χ2v) is 16.0. The monoisotopic (exact) mass is 777 g/mol. The normalized spacial score (nSPS) is 12.9. The summed E-state index contributed by atoms with van der Waals surface area (Å²) < 4.78 is 6.97. The fourth-order valence-electron chi connectivity index (χ4n) is 10.1. The van der Waals surface area contributed by atoms with E-state index in [1.165, 1.54) is 49.7 Å². The lowest BCUT2D eigenvalue weighted by Crippen LogP contribution is -2.32. The van der Waals surface area contributed by atoms with Gasteiger partial charge in [-0.2, -0.15) is 0 Å². The van der Waals surface area contributed by atoms with Crippen molar-refractivity contribution in [2.24, 2.45) is 0 Å². The van der Waals surface area contributed by atoms with Crippen molar-refractivity contribution >= 4 is 27.8 Å². The summed E-state index contributed by atoms with van der Waals surface area (Å²) in [5.74, 6) is 1.75. The maximum Gasteiger partial charge on any atom is 0.132 e. The van der Waals surface area contributed by atoms with Crippen LogP contribution in [0.2, 0.25) is 0 Å². The van der Waals surface area contributed by atoms with Crippen LogP contribution in [-0.2, 0) is 5.41 Å². The molecule has 0 bridgehead atoms. The van der Waals surface area contributed by atoms with Crippen molar-refractivity contribution in [2.45, 2.75) is 5.41 Å². The summed E-state index contributed by atoms with van der Waals surface area (Å²) in [4.78, 5) is 2.42. The van der Waals surface area contributed by atoms with E-state index in [4.69, 9.17) is 4.74 Å². The molecule has 286 valence electrons. The first-order chi connectivity index (χ1) is 30.3. The molecule has 0 unspecified atom stereocenters. The number of nitrogens with zero attached hydrogens (tertiary/aromatic N) is 1. The van der Waals surface area contributed by atoms with Crippen LogP contribution in [0.15, 0.2) is 237 Å². The number of rotatable bonds is 6. The van der Waals surface area contributed by atoms with Crippen molar-refractivity contribution in [2.75, 3.05) is 4.90 Å². The molecule has 1 spiro atoms. The van der Waals surface area contributed by atoms with Crippen LogP contribution in [0.3, 0.4) is 0 Å². The van der Waals surface area contributed by atoms with Gasteiger partial charge >= 0.3 is 0 Å². The van der Waals surface area contributed by atoms with Crippen molar-refractivity contribution in [1.82, 2.24) is 0 Å². The maximum absolute atomic E-state index is 6.97. The van der Waals surface area contributed by atoms with Gasteiger partial charge in [-0.05, 0) is 97.7 Å². The number of ether oxygens (including phenoxy) is 1. The molecular weight excluding hydrogens is 739 g/mol. The van der Waals surface area contributed by atoms with Crippen LogP contribution >= 0.6 is 0 Å². The number of hydrogen-bond donors (Lipinski definition) is 0. The Bertz CT molecular complexity index is 3250. The lowest BCUT2D eigenvalue weighted by Gasteiger charge is -2.39. The van der Waals surface area contributed by atoms with Gasteiger partial charge in [0, 0.05) is 27.9 Å². The molecule has 2 nitrogen and oxygen atoms in total. The van der Waals surface area contributed by atoms with Gasteiger partial charge in [0.05, 0.1) is 16.8 Å². The fraction of sp³-hybridized carbons (Fsp3) is 0.0169. The number of hydrogen-bond acceptors (Lipinski definition) is 2. The highest BCUT2D eigenvalue weighted by Crippen LogP contribution is 2.62. The van der Waals surface area contributed by atoms with E-state index in [2.05, 4.69) is 241 Å². The highest BCUT2D eigenvalue weighted by molar-refractivity contribution is 5.95. The molecule has 61 heavy (non-hydrogen) atoms. The van der Waals surface area contributed by atoms with Crippen LogP contribution < -0.4 is 9.64 Å². The average molecular weight is 778 g/mol. The number of benzene rings is 10. The SMILES string of the molecule is c1ccc(-c2ccccc2N(c2ccc(-c3ccc4ccccc4c3)cc2)c2ccccc2-c2ccc3c(c2)Oc2ccccc2C32c3ccccc3-c3ccccc32)cc1. The Labute approximate surface area is 356 Å². The highest BCUT2D eigenvalue weighted by atomic mass is 16.5. The molecule has 0 atom stereocenters. The molecule has 0 N–H and O–H groups in total. The third-order valence-corrected chi connectivity index (χ3v) is 12.7. The predicted octanol–water partition coefficient (Wildman–Crippen LogP) is 15.8. The minimum atomic E-state index is -0.511. The molecule has 12 rings (SSSR count). The molecule has 1 aliphatic heterocycles. The van der Waals surface area contributed by atoms with E-state index in [9.17, 15) is 0 Å². The highest BCUT2D eigenvalue weighted by Gasteiger charge is 2.50. The van der Waals surface area contributed by atoms with E-state index in [0.29, 0.717) is 0 Å². The second-order valence-electron chi connectivity index (χ2n) is 16.0. The molecule has 0 radical (unpaired) electrons. The van der Waals surface area contributed by atoms with Gasteiger partial charge in [0.15, 0.2) is 0 Å². The van der Waals surface area contributed by atoms with Gasteiger partial charge in [-0.15, -0.1) is 0 Å². The molecule has 1 aliphatic carbocycles. The van der Waals surface area contributed by atoms with E-state index >= 15 is 0 Å².